The molecule has 0 radical (unpaired) electrons. The summed E-state index contributed by atoms with van der Waals surface area (Å²) in [5.41, 5.74) is 0. The molecule has 0 atom stereocenters. The number of nitrogens with zero attached hydrogens (tertiary/aromatic N) is 2. The number of hydrogen-bond donors (Lipinski definition) is 0. The molecule has 1 aromatic heterocycles. The highest BCUT2D eigenvalue weighted by molar-refractivity contribution is 6.29. The minimum Gasteiger partial charge on any atom is -0.434 e. The Kier molecular flexibility index (Phi) is 2.96. The van der Waals surface area contributed by atoms with E-state index in [4.69, 9.17) is 16.3 Å². The first-order valence-electron chi connectivity index (χ1n) is 4.27. The maximum atomic E-state index is 13.2. The molecular weight excluding hydrogens is 238 g/mol. The molecule has 82 valence electrons. The summed E-state index contributed by atoms with van der Waals surface area (Å²) >= 11 is 5.51. The summed E-state index contributed by atoms with van der Waals surface area (Å²) in [5, 5.41) is 7.24. The number of benzene rings is 1. The average Bonchev–Trinajstić information content (AvgIpc) is 2.27. The number of aromatic nitrogens is 2. The average molecular weight is 243 g/mol. The smallest absolute Gasteiger partial charge is 0.239 e. The fourth-order valence-corrected chi connectivity index (χ4v) is 1.13. The lowest BCUT2D eigenvalue weighted by atomic mass is 10.3. The first-order valence-corrected chi connectivity index (χ1v) is 4.65. The SMILES string of the molecule is Fc1ccc(F)c(Oc2ccc(Cl)nn2)c1. The van der Waals surface area contributed by atoms with Gasteiger partial charge in [-0.2, -0.15) is 0 Å². The number of rotatable bonds is 2. The first-order chi connectivity index (χ1) is 7.65. The molecule has 6 heteroatoms. The Morgan fingerprint density at radius 1 is 1.06 bits per heavy atom. The van der Waals surface area contributed by atoms with E-state index in [1.54, 1.807) is 0 Å². The van der Waals surface area contributed by atoms with E-state index in [-0.39, 0.29) is 16.8 Å². The van der Waals surface area contributed by atoms with Crippen molar-refractivity contribution in [3.63, 3.8) is 0 Å². The van der Waals surface area contributed by atoms with Crippen LogP contribution in [0, 0.1) is 11.6 Å². The molecule has 0 aliphatic rings. The summed E-state index contributed by atoms with van der Waals surface area (Å²) in [6.45, 7) is 0. The fraction of sp³-hybridized carbons (Fsp3) is 0. The third-order valence-corrected chi connectivity index (χ3v) is 1.92. The molecule has 2 aromatic rings. The monoisotopic (exact) mass is 242 g/mol. The van der Waals surface area contributed by atoms with Crippen molar-refractivity contribution in [2.24, 2.45) is 0 Å². The summed E-state index contributed by atoms with van der Waals surface area (Å²) in [7, 11) is 0. The van der Waals surface area contributed by atoms with Gasteiger partial charge in [0.1, 0.15) is 5.82 Å². The molecule has 0 aliphatic carbocycles. The third kappa shape index (κ3) is 2.43. The summed E-state index contributed by atoms with van der Waals surface area (Å²) in [6, 6.07) is 5.72. The molecule has 0 fully saturated rings. The summed E-state index contributed by atoms with van der Waals surface area (Å²) in [6.07, 6.45) is 0. The molecule has 1 aromatic carbocycles. The normalized spacial score (nSPS) is 10.2. The predicted molar refractivity (Wildman–Crippen MR) is 53.5 cm³/mol. The van der Waals surface area contributed by atoms with Gasteiger partial charge in [-0.15, -0.1) is 10.2 Å². The van der Waals surface area contributed by atoms with Crippen LogP contribution in [0.3, 0.4) is 0 Å². The van der Waals surface area contributed by atoms with Crippen LogP contribution in [-0.2, 0) is 0 Å². The van der Waals surface area contributed by atoms with Crippen molar-refractivity contribution in [3.8, 4) is 11.6 Å². The minimum absolute atomic E-state index is 0.0360. The molecule has 0 saturated heterocycles. The molecule has 0 bridgehead atoms. The zero-order valence-corrected chi connectivity index (χ0v) is 8.58. The van der Waals surface area contributed by atoms with E-state index in [9.17, 15) is 8.78 Å². The molecule has 0 saturated carbocycles. The van der Waals surface area contributed by atoms with Gasteiger partial charge in [-0.1, -0.05) is 11.6 Å². The lowest BCUT2D eigenvalue weighted by Gasteiger charge is -2.04. The zero-order valence-electron chi connectivity index (χ0n) is 7.82. The van der Waals surface area contributed by atoms with Gasteiger partial charge in [0.25, 0.3) is 0 Å². The maximum Gasteiger partial charge on any atom is 0.239 e. The lowest BCUT2D eigenvalue weighted by Crippen LogP contribution is -1.93. The maximum absolute atomic E-state index is 13.2. The quantitative estimate of drug-likeness (QED) is 0.811. The van der Waals surface area contributed by atoms with Gasteiger partial charge in [0, 0.05) is 12.1 Å². The number of hydrogen-bond acceptors (Lipinski definition) is 3. The largest absolute Gasteiger partial charge is 0.434 e. The van der Waals surface area contributed by atoms with Crippen molar-refractivity contribution in [3.05, 3.63) is 47.1 Å². The number of halogens is 3. The topological polar surface area (TPSA) is 35.0 Å². The second-order valence-corrected chi connectivity index (χ2v) is 3.26. The molecule has 2 rings (SSSR count). The van der Waals surface area contributed by atoms with Crippen LogP contribution in [-0.4, -0.2) is 10.2 Å². The fourth-order valence-electron chi connectivity index (χ4n) is 1.03. The van der Waals surface area contributed by atoms with Crippen LogP contribution in [0.25, 0.3) is 0 Å². The lowest BCUT2D eigenvalue weighted by molar-refractivity contribution is 0.417. The van der Waals surface area contributed by atoms with Crippen LogP contribution in [0.4, 0.5) is 8.78 Å². The minimum atomic E-state index is -0.682. The highest BCUT2D eigenvalue weighted by Gasteiger charge is 2.07. The Balaban J connectivity index is 2.26. The van der Waals surface area contributed by atoms with Crippen molar-refractivity contribution in [1.82, 2.24) is 10.2 Å². The van der Waals surface area contributed by atoms with Crippen molar-refractivity contribution in [2.45, 2.75) is 0 Å². The molecule has 1 heterocycles. The Morgan fingerprint density at radius 2 is 1.88 bits per heavy atom. The van der Waals surface area contributed by atoms with Crippen molar-refractivity contribution in [1.29, 1.82) is 0 Å². The van der Waals surface area contributed by atoms with E-state index >= 15 is 0 Å². The highest BCUT2D eigenvalue weighted by Crippen LogP contribution is 2.23. The van der Waals surface area contributed by atoms with E-state index in [0.717, 1.165) is 18.2 Å². The van der Waals surface area contributed by atoms with Gasteiger partial charge in [-0.05, 0) is 18.2 Å². The van der Waals surface area contributed by atoms with E-state index in [1.165, 1.54) is 12.1 Å². The van der Waals surface area contributed by atoms with Crippen LogP contribution in [0.15, 0.2) is 30.3 Å². The van der Waals surface area contributed by atoms with Crippen LogP contribution in [0.5, 0.6) is 11.6 Å². The van der Waals surface area contributed by atoms with Gasteiger partial charge in [0.05, 0.1) is 0 Å². The highest BCUT2D eigenvalue weighted by atomic mass is 35.5. The van der Waals surface area contributed by atoms with Crippen molar-refractivity contribution >= 4 is 11.6 Å². The van der Waals surface area contributed by atoms with Crippen molar-refractivity contribution < 1.29 is 13.5 Å². The Hall–Kier alpha value is -1.75. The van der Waals surface area contributed by atoms with Gasteiger partial charge < -0.3 is 4.74 Å². The standard InChI is InChI=1S/C10H5ClF2N2O/c11-9-3-4-10(15-14-9)16-8-5-6(12)1-2-7(8)13/h1-5H. The summed E-state index contributed by atoms with van der Waals surface area (Å²) in [5.74, 6) is -1.50. The van der Waals surface area contributed by atoms with E-state index < -0.39 is 11.6 Å². The van der Waals surface area contributed by atoms with Crippen LogP contribution >= 0.6 is 11.6 Å². The van der Waals surface area contributed by atoms with Crippen LogP contribution < -0.4 is 4.74 Å². The van der Waals surface area contributed by atoms with E-state index in [0.29, 0.717) is 0 Å². The zero-order chi connectivity index (χ0) is 11.5. The molecule has 0 amide bonds. The van der Waals surface area contributed by atoms with Gasteiger partial charge in [-0.3, -0.25) is 0 Å². The second kappa shape index (κ2) is 4.40. The predicted octanol–water partition coefficient (Wildman–Crippen LogP) is 3.20. The first kappa shape index (κ1) is 10.8. The van der Waals surface area contributed by atoms with Crippen LogP contribution in [0.2, 0.25) is 5.15 Å². The molecule has 3 nitrogen and oxygen atoms in total. The van der Waals surface area contributed by atoms with E-state index in [2.05, 4.69) is 10.2 Å². The Morgan fingerprint density at radius 3 is 2.56 bits per heavy atom. The van der Waals surface area contributed by atoms with Gasteiger partial charge in [0.15, 0.2) is 16.7 Å². The summed E-state index contributed by atoms with van der Waals surface area (Å²) < 4.78 is 31.0. The molecule has 16 heavy (non-hydrogen) atoms. The van der Waals surface area contributed by atoms with Crippen molar-refractivity contribution in [2.75, 3.05) is 0 Å². The Bertz CT molecular complexity index is 505. The van der Waals surface area contributed by atoms with Crippen LogP contribution in [0.1, 0.15) is 0 Å². The molecule has 0 unspecified atom stereocenters. The van der Waals surface area contributed by atoms with E-state index in [1.807, 2.05) is 0 Å². The molecular formula is C10H5ClF2N2O. The Labute approximate surface area is 94.6 Å². The summed E-state index contributed by atoms with van der Waals surface area (Å²) in [4.78, 5) is 0. The molecule has 0 aliphatic heterocycles. The molecule has 0 N–H and O–H groups in total. The van der Waals surface area contributed by atoms with Gasteiger partial charge >= 0.3 is 0 Å². The number of ether oxygens (including phenoxy) is 1. The second-order valence-electron chi connectivity index (χ2n) is 2.87. The van der Waals surface area contributed by atoms with Gasteiger partial charge in [-0.25, -0.2) is 8.78 Å². The molecule has 0 spiro atoms. The van der Waals surface area contributed by atoms with Gasteiger partial charge in [0.2, 0.25) is 5.88 Å². The third-order valence-electron chi connectivity index (χ3n) is 1.72.